The fourth-order valence-electron chi connectivity index (χ4n) is 4.03. The van der Waals surface area contributed by atoms with Crippen molar-refractivity contribution in [1.29, 1.82) is 0 Å². The molecule has 1 aliphatic rings. The Hall–Kier alpha value is -2.48. The van der Waals surface area contributed by atoms with Gasteiger partial charge in [-0.2, -0.15) is 0 Å². The second-order valence-electron chi connectivity index (χ2n) is 9.39. The zero-order chi connectivity index (χ0) is 23.8. The summed E-state index contributed by atoms with van der Waals surface area (Å²) in [6, 6.07) is 14.4. The summed E-state index contributed by atoms with van der Waals surface area (Å²) in [4.78, 5) is 14.4. The van der Waals surface area contributed by atoms with E-state index in [1.54, 1.807) is 26.0 Å². The summed E-state index contributed by atoms with van der Waals surface area (Å²) in [6.07, 6.45) is 2.04. The predicted octanol–water partition coefficient (Wildman–Crippen LogP) is 3.28. The van der Waals surface area contributed by atoms with Gasteiger partial charge in [-0.25, -0.2) is 4.39 Å². The van der Waals surface area contributed by atoms with Crippen LogP contribution in [0.15, 0.2) is 48.5 Å². The van der Waals surface area contributed by atoms with Gasteiger partial charge < -0.3 is 25.2 Å². The van der Waals surface area contributed by atoms with E-state index >= 15 is 0 Å². The zero-order valence-corrected chi connectivity index (χ0v) is 19.5. The number of aliphatic hydroxyl groups is 2. The molecule has 1 amide bonds. The van der Waals surface area contributed by atoms with Crippen molar-refractivity contribution >= 4 is 5.91 Å². The van der Waals surface area contributed by atoms with E-state index < -0.39 is 11.7 Å². The van der Waals surface area contributed by atoms with Crippen molar-refractivity contribution in [3.63, 3.8) is 0 Å². The molecule has 2 aromatic carbocycles. The summed E-state index contributed by atoms with van der Waals surface area (Å²) in [5, 5.41) is 20.8. The Labute approximate surface area is 195 Å². The number of benzene rings is 2. The van der Waals surface area contributed by atoms with Gasteiger partial charge in [-0.3, -0.25) is 4.79 Å². The van der Waals surface area contributed by atoms with Crippen LogP contribution in [0.4, 0.5) is 4.39 Å². The van der Waals surface area contributed by atoms with Crippen LogP contribution in [0.2, 0.25) is 0 Å². The summed E-state index contributed by atoms with van der Waals surface area (Å²) in [5.41, 5.74) is 1.30. The lowest BCUT2D eigenvalue weighted by atomic mass is 9.97. The van der Waals surface area contributed by atoms with Crippen LogP contribution in [0.1, 0.15) is 37.0 Å². The third kappa shape index (κ3) is 7.81. The highest BCUT2D eigenvalue weighted by Crippen LogP contribution is 2.25. The molecule has 33 heavy (non-hydrogen) atoms. The fourth-order valence-corrected chi connectivity index (χ4v) is 4.03. The van der Waals surface area contributed by atoms with Crippen molar-refractivity contribution in [3.05, 3.63) is 54.1 Å². The maximum Gasteiger partial charge on any atom is 0.251 e. The molecule has 1 saturated heterocycles. The van der Waals surface area contributed by atoms with E-state index in [1.807, 2.05) is 36.4 Å². The van der Waals surface area contributed by atoms with Crippen LogP contribution in [-0.2, 0) is 0 Å². The first-order valence-electron chi connectivity index (χ1n) is 11.5. The number of hydrogen-bond donors (Lipinski definition) is 3. The number of rotatable bonds is 10. The lowest BCUT2D eigenvalue weighted by Crippen LogP contribution is -2.41. The Morgan fingerprint density at radius 3 is 2.12 bits per heavy atom. The number of likely N-dealkylation sites (tertiary alicyclic amines) is 1. The molecule has 0 aromatic heterocycles. The van der Waals surface area contributed by atoms with Gasteiger partial charge in [0, 0.05) is 12.1 Å². The van der Waals surface area contributed by atoms with Gasteiger partial charge in [-0.05, 0) is 81.1 Å². The van der Waals surface area contributed by atoms with Crippen LogP contribution < -0.4 is 10.1 Å². The third-order valence-electron chi connectivity index (χ3n) is 5.90. The Morgan fingerprint density at radius 1 is 1.06 bits per heavy atom. The van der Waals surface area contributed by atoms with Gasteiger partial charge in [0.15, 0.2) is 0 Å². The van der Waals surface area contributed by atoms with E-state index in [2.05, 4.69) is 10.2 Å². The number of nitrogens with one attached hydrogen (secondary N) is 1. The fraction of sp³-hybridized carbons (Fsp3) is 0.500. The molecule has 6 nitrogen and oxygen atoms in total. The summed E-state index contributed by atoms with van der Waals surface area (Å²) >= 11 is 0. The molecule has 7 heteroatoms. The SMILES string of the molecule is CC(C)(F)CN1CCC(COc2ccc(-c3ccc(C(=O)NC(CO)CO)cc3)cc2)CC1. The summed E-state index contributed by atoms with van der Waals surface area (Å²) in [6.45, 7) is 5.60. The summed E-state index contributed by atoms with van der Waals surface area (Å²) in [5.74, 6) is 0.970. The lowest BCUT2D eigenvalue weighted by Gasteiger charge is -2.34. The van der Waals surface area contributed by atoms with Crippen molar-refractivity contribution in [2.75, 3.05) is 39.5 Å². The molecule has 1 fully saturated rings. The van der Waals surface area contributed by atoms with Gasteiger partial charge >= 0.3 is 0 Å². The quantitative estimate of drug-likeness (QED) is 0.509. The molecular formula is C26H35FN2O4. The number of alkyl halides is 1. The first-order valence-corrected chi connectivity index (χ1v) is 11.5. The minimum atomic E-state index is -1.15. The summed E-state index contributed by atoms with van der Waals surface area (Å²) < 4.78 is 19.8. The average molecular weight is 459 g/mol. The van der Waals surface area contributed by atoms with E-state index in [0.717, 1.165) is 42.8 Å². The van der Waals surface area contributed by atoms with Crippen molar-refractivity contribution < 1.29 is 24.1 Å². The number of ether oxygens (including phenoxy) is 1. The number of piperidine rings is 1. The van der Waals surface area contributed by atoms with Crippen LogP contribution in [0, 0.1) is 5.92 Å². The monoisotopic (exact) mass is 458 g/mol. The molecule has 1 aliphatic heterocycles. The van der Waals surface area contributed by atoms with Gasteiger partial charge in [0.1, 0.15) is 11.4 Å². The smallest absolute Gasteiger partial charge is 0.251 e. The minimum Gasteiger partial charge on any atom is -0.493 e. The van der Waals surface area contributed by atoms with E-state index in [1.165, 1.54) is 0 Å². The van der Waals surface area contributed by atoms with E-state index in [4.69, 9.17) is 14.9 Å². The maximum absolute atomic E-state index is 13.8. The lowest BCUT2D eigenvalue weighted by molar-refractivity contribution is 0.0836. The number of hydrogen-bond acceptors (Lipinski definition) is 5. The Kier molecular flexibility index (Phi) is 8.83. The van der Waals surface area contributed by atoms with Gasteiger partial charge in [0.05, 0.1) is 25.9 Å². The van der Waals surface area contributed by atoms with Gasteiger partial charge in [-0.15, -0.1) is 0 Å². The predicted molar refractivity (Wildman–Crippen MR) is 127 cm³/mol. The number of aliphatic hydroxyl groups excluding tert-OH is 2. The number of carbonyl (C=O) groups is 1. The zero-order valence-electron chi connectivity index (χ0n) is 19.5. The Bertz CT molecular complexity index is 869. The number of carbonyl (C=O) groups excluding carboxylic acids is 1. The first kappa shape index (κ1) is 25.1. The highest BCUT2D eigenvalue weighted by atomic mass is 19.1. The van der Waals surface area contributed by atoms with Gasteiger partial charge in [0.2, 0.25) is 0 Å². The molecule has 0 bridgehead atoms. The van der Waals surface area contributed by atoms with Crippen LogP contribution >= 0.6 is 0 Å². The molecule has 0 atom stereocenters. The van der Waals surface area contributed by atoms with Gasteiger partial charge in [0.25, 0.3) is 5.91 Å². The van der Waals surface area contributed by atoms with Crippen LogP contribution in [0.5, 0.6) is 5.75 Å². The molecule has 3 rings (SSSR count). The highest BCUT2D eigenvalue weighted by molar-refractivity contribution is 5.94. The standard InChI is InChI=1S/C26H35FN2O4/c1-26(2,27)18-29-13-11-19(12-14-29)17-33-24-9-7-21(8-10-24)20-3-5-22(6-4-20)25(32)28-23(15-30)16-31/h3-10,19,23,30-31H,11-18H2,1-2H3,(H,28,32). The van der Waals surface area contributed by atoms with Crippen LogP contribution in [0.3, 0.4) is 0 Å². The van der Waals surface area contributed by atoms with Crippen LogP contribution in [-0.4, -0.2) is 72.2 Å². The molecule has 0 spiro atoms. The average Bonchev–Trinajstić information content (AvgIpc) is 2.81. The number of amides is 1. The largest absolute Gasteiger partial charge is 0.493 e. The second kappa shape index (κ2) is 11.6. The first-order chi connectivity index (χ1) is 15.8. The van der Waals surface area contributed by atoms with E-state index in [0.29, 0.717) is 24.6 Å². The van der Waals surface area contributed by atoms with Gasteiger partial charge in [-0.1, -0.05) is 24.3 Å². The summed E-state index contributed by atoms with van der Waals surface area (Å²) in [7, 11) is 0. The highest BCUT2D eigenvalue weighted by Gasteiger charge is 2.25. The molecule has 0 aliphatic carbocycles. The molecular weight excluding hydrogens is 423 g/mol. The normalized spacial score (nSPS) is 15.6. The molecule has 180 valence electrons. The van der Waals surface area contributed by atoms with Crippen molar-refractivity contribution in [1.82, 2.24) is 10.2 Å². The van der Waals surface area contributed by atoms with E-state index in [-0.39, 0.29) is 19.1 Å². The molecule has 3 N–H and O–H groups in total. The van der Waals surface area contributed by atoms with Crippen LogP contribution in [0.25, 0.3) is 11.1 Å². The second-order valence-corrected chi connectivity index (χ2v) is 9.39. The van der Waals surface area contributed by atoms with Crippen molar-refractivity contribution in [2.24, 2.45) is 5.92 Å². The van der Waals surface area contributed by atoms with E-state index in [9.17, 15) is 9.18 Å². The molecule has 1 heterocycles. The molecule has 0 saturated carbocycles. The topological polar surface area (TPSA) is 82.0 Å². The van der Waals surface area contributed by atoms with Crippen molar-refractivity contribution in [3.8, 4) is 16.9 Å². The molecule has 0 radical (unpaired) electrons. The molecule has 0 unspecified atom stereocenters. The number of nitrogens with zero attached hydrogens (tertiary/aromatic N) is 1. The minimum absolute atomic E-state index is 0.314. The Morgan fingerprint density at radius 2 is 1.61 bits per heavy atom. The van der Waals surface area contributed by atoms with Crippen molar-refractivity contribution in [2.45, 2.75) is 38.4 Å². The maximum atomic E-state index is 13.8. The molecule has 2 aromatic rings. The third-order valence-corrected chi connectivity index (χ3v) is 5.90. The number of halogens is 1. The Balaban J connectivity index is 1.48.